The molecule has 1 saturated heterocycles. The van der Waals surface area contributed by atoms with Crippen LogP contribution in [0, 0.1) is 5.92 Å². The van der Waals surface area contributed by atoms with Crippen molar-refractivity contribution < 1.29 is 19.5 Å². The van der Waals surface area contributed by atoms with Gasteiger partial charge < -0.3 is 15.3 Å². The summed E-state index contributed by atoms with van der Waals surface area (Å²) >= 11 is 0. The van der Waals surface area contributed by atoms with E-state index in [9.17, 15) is 14.4 Å². The van der Waals surface area contributed by atoms with E-state index >= 15 is 0 Å². The van der Waals surface area contributed by atoms with Crippen molar-refractivity contribution in [3.63, 3.8) is 0 Å². The molecule has 130 valence electrons. The Kier molecular flexibility index (Phi) is 5.59. The number of anilines is 1. The highest BCUT2D eigenvalue weighted by molar-refractivity contribution is 6.10. The van der Waals surface area contributed by atoms with Gasteiger partial charge in [0.25, 0.3) is 0 Å². The van der Waals surface area contributed by atoms with Crippen LogP contribution in [0.25, 0.3) is 0 Å². The first-order chi connectivity index (χ1) is 11.3. The smallest absolute Gasteiger partial charge is 0.326 e. The molecule has 1 aromatic rings. The molecule has 1 aliphatic heterocycles. The molecule has 1 fully saturated rings. The Bertz CT molecular complexity index is 624. The summed E-state index contributed by atoms with van der Waals surface area (Å²) in [7, 11) is 0. The van der Waals surface area contributed by atoms with Crippen molar-refractivity contribution in [1.82, 2.24) is 5.32 Å². The number of benzene rings is 1. The molecular formula is C18H24N2O4. The molecule has 0 saturated carbocycles. The number of hydrogen-bond donors (Lipinski definition) is 2. The molecule has 0 spiro atoms. The standard InChI is InChI=1S/C18H24N2O4/c1-4-15(18(23)24)19-16(21)14-9-10-20(17(14)22)13-7-5-12(6-8-13)11(2)3/h5-8,11,14-15H,4,9-10H2,1-3H3,(H,19,21)(H,23,24)/t14-,15-/m0/s1. The summed E-state index contributed by atoms with van der Waals surface area (Å²) in [4.78, 5) is 37.4. The number of carbonyl (C=O) groups is 3. The molecule has 0 unspecified atom stereocenters. The lowest BCUT2D eigenvalue weighted by molar-refractivity contribution is -0.143. The summed E-state index contributed by atoms with van der Waals surface area (Å²) < 4.78 is 0. The fourth-order valence-electron chi connectivity index (χ4n) is 2.83. The first-order valence-electron chi connectivity index (χ1n) is 8.29. The van der Waals surface area contributed by atoms with Gasteiger partial charge in [-0.25, -0.2) is 4.79 Å². The molecule has 2 amide bonds. The van der Waals surface area contributed by atoms with Crippen molar-refractivity contribution >= 4 is 23.5 Å². The second-order valence-corrected chi connectivity index (χ2v) is 6.39. The maximum Gasteiger partial charge on any atom is 0.326 e. The van der Waals surface area contributed by atoms with Crippen molar-refractivity contribution in [1.29, 1.82) is 0 Å². The molecule has 6 heteroatoms. The first-order valence-corrected chi connectivity index (χ1v) is 8.29. The van der Waals surface area contributed by atoms with E-state index in [1.54, 1.807) is 11.8 Å². The number of carboxylic acids is 1. The topological polar surface area (TPSA) is 86.7 Å². The van der Waals surface area contributed by atoms with Gasteiger partial charge in [0.2, 0.25) is 11.8 Å². The molecule has 2 rings (SSSR count). The molecule has 0 aliphatic carbocycles. The molecule has 1 aromatic carbocycles. The third kappa shape index (κ3) is 3.75. The van der Waals surface area contributed by atoms with Gasteiger partial charge in [-0.15, -0.1) is 0 Å². The zero-order chi connectivity index (χ0) is 17.9. The fraction of sp³-hybridized carbons (Fsp3) is 0.500. The van der Waals surface area contributed by atoms with Crippen LogP contribution in [-0.2, 0) is 14.4 Å². The number of amides is 2. The molecule has 6 nitrogen and oxygen atoms in total. The van der Waals surface area contributed by atoms with E-state index < -0.39 is 23.8 Å². The van der Waals surface area contributed by atoms with E-state index in [1.807, 2.05) is 24.3 Å². The van der Waals surface area contributed by atoms with E-state index in [-0.39, 0.29) is 12.3 Å². The lowest BCUT2D eigenvalue weighted by Crippen LogP contribution is -2.45. The van der Waals surface area contributed by atoms with Gasteiger partial charge in [0.05, 0.1) is 0 Å². The molecule has 0 aromatic heterocycles. The third-order valence-electron chi connectivity index (χ3n) is 4.42. The van der Waals surface area contributed by atoms with Gasteiger partial charge in [0, 0.05) is 12.2 Å². The Morgan fingerprint density at radius 1 is 1.29 bits per heavy atom. The lowest BCUT2D eigenvalue weighted by Gasteiger charge is -2.18. The van der Waals surface area contributed by atoms with Crippen molar-refractivity contribution in [2.75, 3.05) is 11.4 Å². The van der Waals surface area contributed by atoms with Crippen LogP contribution in [0.1, 0.15) is 45.1 Å². The lowest BCUT2D eigenvalue weighted by atomic mass is 10.0. The van der Waals surface area contributed by atoms with Crippen molar-refractivity contribution in [3.8, 4) is 0 Å². The predicted molar refractivity (Wildman–Crippen MR) is 90.8 cm³/mol. The molecule has 24 heavy (non-hydrogen) atoms. The van der Waals surface area contributed by atoms with E-state index in [4.69, 9.17) is 5.11 Å². The second kappa shape index (κ2) is 7.47. The van der Waals surface area contributed by atoms with Crippen LogP contribution in [-0.4, -0.2) is 35.5 Å². The van der Waals surface area contributed by atoms with Crippen LogP contribution in [0.5, 0.6) is 0 Å². The normalized spacial score (nSPS) is 18.8. The van der Waals surface area contributed by atoms with Crippen LogP contribution in [0.2, 0.25) is 0 Å². The Morgan fingerprint density at radius 3 is 2.42 bits per heavy atom. The van der Waals surface area contributed by atoms with E-state index in [1.165, 1.54) is 5.56 Å². The van der Waals surface area contributed by atoms with Gasteiger partial charge in [-0.2, -0.15) is 0 Å². The second-order valence-electron chi connectivity index (χ2n) is 6.39. The predicted octanol–water partition coefficient (Wildman–Crippen LogP) is 2.14. The number of nitrogens with zero attached hydrogens (tertiary/aromatic N) is 1. The molecule has 1 aliphatic rings. The monoisotopic (exact) mass is 332 g/mol. The summed E-state index contributed by atoms with van der Waals surface area (Å²) in [5.41, 5.74) is 1.96. The molecular weight excluding hydrogens is 308 g/mol. The highest BCUT2D eigenvalue weighted by atomic mass is 16.4. The number of aliphatic carboxylic acids is 1. The highest BCUT2D eigenvalue weighted by Crippen LogP contribution is 2.27. The highest BCUT2D eigenvalue weighted by Gasteiger charge is 2.38. The van der Waals surface area contributed by atoms with E-state index in [0.29, 0.717) is 18.9 Å². The number of carboxylic acid groups (broad SMARTS) is 1. The van der Waals surface area contributed by atoms with Crippen LogP contribution < -0.4 is 10.2 Å². The molecule has 2 atom stereocenters. The average molecular weight is 332 g/mol. The summed E-state index contributed by atoms with van der Waals surface area (Å²) in [6, 6.07) is 6.79. The Morgan fingerprint density at radius 2 is 1.92 bits per heavy atom. The zero-order valence-electron chi connectivity index (χ0n) is 14.3. The largest absolute Gasteiger partial charge is 0.480 e. The summed E-state index contributed by atoms with van der Waals surface area (Å²) in [6.07, 6.45) is 0.676. The number of rotatable bonds is 6. The first kappa shape index (κ1) is 18.0. The Labute approximate surface area is 141 Å². The van der Waals surface area contributed by atoms with Crippen molar-refractivity contribution in [2.45, 2.75) is 45.6 Å². The molecule has 0 radical (unpaired) electrons. The number of carbonyl (C=O) groups excluding carboxylic acids is 2. The average Bonchev–Trinajstić information content (AvgIpc) is 2.93. The minimum atomic E-state index is -1.09. The van der Waals surface area contributed by atoms with Crippen LogP contribution in [0.3, 0.4) is 0 Å². The zero-order valence-corrected chi connectivity index (χ0v) is 14.3. The number of hydrogen-bond acceptors (Lipinski definition) is 3. The van der Waals surface area contributed by atoms with Gasteiger partial charge in [-0.1, -0.05) is 32.9 Å². The van der Waals surface area contributed by atoms with Crippen LogP contribution >= 0.6 is 0 Å². The van der Waals surface area contributed by atoms with Crippen LogP contribution in [0.15, 0.2) is 24.3 Å². The van der Waals surface area contributed by atoms with Gasteiger partial charge in [0.15, 0.2) is 0 Å². The van der Waals surface area contributed by atoms with Crippen LogP contribution in [0.4, 0.5) is 5.69 Å². The van der Waals surface area contributed by atoms with Gasteiger partial charge in [-0.3, -0.25) is 9.59 Å². The summed E-state index contributed by atoms with van der Waals surface area (Å²) in [5.74, 6) is -2.27. The summed E-state index contributed by atoms with van der Waals surface area (Å²) in [5, 5.41) is 11.5. The Balaban J connectivity index is 2.06. The number of nitrogens with one attached hydrogen (secondary N) is 1. The Hall–Kier alpha value is -2.37. The summed E-state index contributed by atoms with van der Waals surface area (Å²) in [6.45, 7) is 6.34. The maximum atomic E-state index is 12.5. The molecule has 2 N–H and O–H groups in total. The van der Waals surface area contributed by atoms with E-state index in [2.05, 4.69) is 19.2 Å². The SMILES string of the molecule is CC[C@H](NC(=O)[C@@H]1CCN(c2ccc(C(C)C)cc2)C1=O)C(=O)O. The van der Waals surface area contributed by atoms with Gasteiger partial charge >= 0.3 is 5.97 Å². The maximum absolute atomic E-state index is 12.5. The van der Waals surface area contributed by atoms with Crippen molar-refractivity contribution in [3.05, 3.63) is 29.8 Å². The fourth-order valence-corrected chi connectivity index (χ4v) is 2.83. The van der Waals surface area contributed by atoms with Gasteiger partial charge in [0.1, 0.15) is 12.0 Å². The minimum absolute atomic E-state index is 0.273. The van der Waals surface area contributed by atoms with Crippen molar-refractivity contribution in [2.24, 2.45) is 5.92 Å². The molecule has 0 bridgehead atoms. The van der Waals surface area contributed by atoms with Gasteiger partial charge in [-0.05, 0) is 36.5 Å². The minimum Gasteiger partial charge on any atom is -0.480 e. The van der Waals surface area contributed by atoms with E-state index in [0.717, 1.165) is 5.69 Å². The third-order valence-corrected chi connectivity index (χ3v) is 4.42. The quantitative estimate of drug-likeness (QED) is 0.782. The molecule has 1 heterocycles.